The van der Waals surface area contributed by atoms with Crippen LogP contribution in [0.3, 0.4) is 0 Å². The Morgan fingerprint density at radius 3 is 2.43 bits per heavy atom. The van der Waals surface area contributed by atoms with Crippen LogP contribution in [0.1, 0.15) is 16.2 Å². The summed E-state index contributed by atoms with van der Waals surface area (Å²) in [6.45, 7) is -0.112. The number of aryl methyl sites for hydroxylation is 1. The van der Waals surface area contributed by atoms with Gasteiger partial charge in [0.15, 0.2) is 12.4 Å². The number of carbonyl (C=O) groups is 1. The Labute approximate surface area is 199 Å². The lowest BCUT2D eigenvalue weighted by Gasteiger charge is -2.11. The molecule has 0 fully saturated rings. The summed E-state index contributed by atoms with van der Waals surface area (Å²) in [5.74, 6) is 0.300. The van der Waals surface area contributed by atoms with Crippen LogP contribution in [0, 0.1) is 0 Å². The Morgan fingerprint density at radius 1 is 0.886 bits per heavy atom. The quantitative estimate of drug-likeness (QED) is 0.366. The van der Waals surface area contributed by atoms with Crippen LogP contribution in [0.4, 0.5) is 0 Å². The number of ether oxygens (including phenoxy) is 1. The van der Waals surface area contributed by atoms with E-state index in [2.05, 4.69) is 10.2 Å². The minimum absolute atomic E-state index is 0.112. The molecule has 0 bridgehead atoms. The van der Waals surface area contributed by atoms with Gasteiger partial charge in [-0.05, 0) is 24.3 Å². The highest BCUT2D eigenvalue weighted by Crippen LogP contribution is 2.25. The maximum absolute atomic E-state index is 13.3. The SMILES string of the molecule is Cn1c(=O)c2ccccc2n2c(COC(=O)c3cc(-c4ccccc4)nc4ccccc34)nnc12. The zero-order valence-electron chi connectivity index (χ0n) is 18.8. The molecular weight excluding hydrogens is 442 g/mol. The molecule has 3 aromatic carbocycles. The summed E-state index contributed by atoms with van der Waals surface area (Å²) in [5, 5.41) is 9.60. The maximum atomic E-state index is 13.3. The van der Waals surface area contributed by atoms with Crippen molar-refractivity contribution >= 4 is 33.6 Å². The third-order valence-corrected chi connectivity index (χ3v) is 6.03. The van der Waals surface area contributed by atoms with E-state index >= 15 is 0 Å². The summed E-state index contributed by atoms with van der Waals surface area (Å²) in [6.07, 6.45) is 0. The second-order valence-corrected chi connectivity index (χ2v) is 8.15. The van der Waals surface area contributed by atoms with Gasteiger partial charge in [-0.1, -0.05) is 60.7 Å². The first kappa shape index (κ1) is 20.7. The maximum Gasteiger partial charge on any atom is 0.339 e. The molecule has 3 heterocycles. The summed E-state index contributed by atoms with van der Waals surface area (Å²) < 4.78 is 8.89. The van der Waals surface area contributed by atoms with E-state index in [1.54, 1.807) is 29.6 Å². The van der Waals surface area contributed by atoms with E-state index in [0.717, 1.165) is 5.56 Å². The zero-order chi connectivity index (χ0) is 23.9. The molecule has 6 aromatic rings. The molecule has 3 aromatic heterocycles. The van der Waals surface area contributed by atoms with E-state index in [0.29, 0.717) is 44.7 Å². The number of esters is 1. The number of hydrogen-bond donors (Lipinski definition) is 0. The van der Waals surface area contributed by atoms with Gasteiger partial charge in [0.2, 0.25) is 5.78 Å². The number of carbonyl (C=O) groups excluding carboxylic acids is 1. The average molecular weight is 461 g/mol. The van der Waals surface area contributed by atoms with Crippen LogP contribution in [-0.4, -0.2) is 30.1 Å². The van der Waals surface area contributed by atoms with E-state index in [-0.39, 0.29) is 12.2 Å². The highest BCUT2D eigenvalue weighted by atomic mass is 16.5. The number of nitrogens with zero attached hydrogens (tertiary/aromatic N) is 5. The van der Waals surface area contributed by atoms with Gasteiger partial charge in [-0.15, -0.1) is 10.2 Å². The summed E-state index contributed by atoms with van der Waals surface area (Å²) in [7, 11) is 1.64. The Balaban J connectivity index is 1.40. The molecule has 8 nitrogen and oxygen atoms in total. The molecule has 0 unspecified atom stereocenters. The van der Waals surface area contributed by atoms with Crippen LogP contribution in [-0.2, 0) is 18.4 Å². The number of hydrogen-bond acceptors (Lipinski definition) is 6. The molecule has 0 aliphatic rings. The van der Waals surface area contributed by atoms with Crippen molar-refractivity contribution in [2.75, 3.05) is 0 Å². The standard InChI is InChI=1S/C27H19N5O3/c1-31-25(33)19-12-6-8-14-23(19)32-24(29-30-27(31)32)16-35-26(34)20-15-22(17-9-3-2-4-10-17)28-21-13-7-5-11-18(20)21/h2-15H,16H2,1H3. The van der Waals surface area contributed by atoms with Gasteiger partial charge in [0.25, 0.3) is 5.56 Å². The molecule has 0 N–H and O–H groups in total. The lowest BCUT2D eigenvalue weighted by atomic mass is 10.0. The van der Waals surface area contributed by atoms with Crippen LogP contribution in [0.5, 0.6) is 0 Å². The fourth-order valence-electron chi connectivity index (χ4n) is 4.29. The summed E-state index contributed by atoms with van der Waals surface area (Å²) in [4.78, 5) is 30.7. The summed E-state index contributed by atoms with van der Waals surface area (Å²) >= 11 is 0. The van der Waals surface area contributed by atoms with Crippen LogP contribution < -0.4 is 5.56 Å². The Kier molecular flexibility index (Phi) is 4.84. The molecule has 0 aliphatic carbocycles. The molecule has 0 radical (unpaired) electrons. The van der Waals surface area contributed by atoms with Crippen molar-refractivity contribution in [3.05, 3.63) is 107 Å². The van der Waals surface area contributed by atoms with E-state index in [1.807, 2.05) is 66.7 Å². The molecule has 0 aliphatic heterocycles. The van der Waals surface area contributed by atoms with Gasteiger partial charge in [-0.2, -0.15) is 0 Å². The van der Waals surface area contributed by atoms with Gasteiger partial charge >= 0.3 is 5.97 Å². The van der Waals surface area contributed by atoms with Crippen molar-refractivity contribution in [2.24, 2.45) is 7.05 Å². The smallest absolute Gasteiger partial charge is 0.339 e. The normalized spacial score (nSPS) is 11.3. The van der Waals surface area contributed by atoms with Crippen molar-refractivity contribution in [1.29, 1.82) is 0 Å². The Bertz CT molecular complexity index is 1810. The minimum atomic E-state index is -0.494. The number of benzene rings is 3. The molecule has 0 amide bonds. The monoisotopic (exact) mass is 461 g/mol. The Hall–Kier alpha value is -4.85. The lowest BCUT2D eigenvalue weighted by Crippen LogP contribution is -2.20. The van der Waals surface area contributed by atoms with Gasteiger partial charge < -0.3 is 4.74 Å². The van der Waals surface area contributed by atoms with Crippen molar-refractivity contribution in [3.8, 4) is 11.3 Å². The largest absolute Gasteiger partial charge is 0.454 e. The second-order valence-electron chi connectivity index (χ2n) is 8.15. The predicted molar refractivity (Wildman–Crippen MR) is 132 cm³/mol. The number of fused-ring (bicyclic) bond motifs is 4. The van der Waals surface area contributed by atoms with E-state index in [4.69, 9.17) is 9.72 Å². The van der Waals surface area contributed by atoms with Crippen molar-refractivity contribution in [2.45, 2.75) is 6.61 Å². The molecule has 0 saturated heterocycles. The lowest BCUT2D eigenvalue weighted by molar-refractivity contribution is 0.0464. The average Bonchev–Trinajstić information content (AvgIpc) is 3.34. The van der Waals surface area contributed by atoms with Crippen molar-refractivity contribution in [3.63, 3.8) is 0 Å². The fraction of sp³-hybridized carbons (Fsp3) is 0.0741. The number of para-hydroxylation sites is 2. The van der Waals surface area contributed by atoms with Crippen LogP contribution in [0.2, 0.25) is 0 Å². The van der Waals surface area contributed by atoms with Gasteiger partial charge in [0.05, 0.1) is 27.7 Å². The number of aromatic nitrogens is 5. The molecule has 170 valence electrons. The van der Waals surface area contributed by atoms with Crippen molar-refractivity contribution < 1.29 is 9.53 Å². The minimum Gasteiger partial charge on any atom is -0.454 e. The van der Waals surface area contributed by atoms with Gasteiger partial charge in [0, 0.05) is 18.0 Å². The summed E-state index contributed by atoms with van der Waals surface area (Å²) in [5.41, 5.74) is 3.20. The Morgan fingerprint density at radius 2 is 1.60 bits per heavy atom. The molecule has 6 rings (SSSR count). The fourth-order valence-corrected chi connectivity index (χ4v) is 4.29. The third-order valence-electron chi connectivity index (χ3n) is 6.03. The van der Waals surface area contributed by atoms with Crippen LogP contribution in [0.25, 0.3) is 38.8 Å². The highest BCUT2D eigenvalue weighted by Gasteiger charge is 2.19. The molecule has 0 spiro atoms. The van der Waals surface area contributed by atoms with Gasteiger partial charge in [-0.3, -0.25) is 13.8 Å². The third kappa shape index (κ3) is 3.43. The van der Waals surface area contributed by atoms with E-state index in [1.165, 1.54) is 4.57 Å². The predicted octanol–water partition coefficient (Wildman–Crippen LogP) is 4.15. The number of rotatable bonds is 4. The van der Waals surface area contributed by atoms with Crippen LogP contribution >= 0.6 is 0 Å². The highest BCUT2D eigenvalue weighted by molar-refractivity contribution is 6.04. The topological polar surface area (TPSA) is 91.4 Å². The van der Waals surface area contributed by atoms with E-state index in [9.17, 15) is 9.59 Å². The van der Waals surface area contributed by atoms with Crippen LogP contribution in [0.15, 0.2) is 89.7 Å². The number of pyridine rings is 1. The summed E-state index contributed by atoms with van der Waals surface area (Å²) in [6, 6.07) is 26.1. The second kappa shape index (κ2) is 8.18. The van der Waals surface area contributed by atoms with Crippen molar-refractivity contribution in [1.82, 2.24) is 24.1 Å². The molecule has 35 heavy (non-hydrogen) atoms. The first-order valence-electron chi connectivity index (χ1n) is 11.1. The molecule has 0 atom stereocenters. The molecule has 0 saturated carbocycles. The first-order valence-corrected chi connectivity index (χ1v) is 11.1. The van der Waals surface area contributed by atoms with Gasteiger partial charge in [-0.25, -0.2) is 9.78 Å². The molecule has 8 heteroatoms. The van der Waals surface area contributed by atoms with E-state index < -0.39 is 5.97 Å². The zero-order valence-corrected chi connectivity index (χ0v) is 18.8. The molecular formula is C27H19N5O3. The van der Waals surface area contributed by atoms with Gasteiger partial charge in [0.1, 0.15) is 0 Å². The first-order chi connectivity index (χ1) is 17.1.